The lowest BCUT2D eigenvalue weighted by Gasteiger charge is -2.33. The van der Waals surface area contributed by atoms with Crippen LogP contribution >= 0.6 is 28.3 Å². The van der Waals surface area contributed by atoms with Crippen molar-refractivity contribution in [3.05, 3.63) is 38.3 Å². The van der Waals surface area contributed by atoms with Crippen LogP contribution in [0.4, 0.5) is 5.69 Å². The number of non-ortho nitro benzene ring substituents is 1. The molecule has 1 fully saturated rings. The van der Waals surface area contributed by atoms with E-state index in [9.17, 15) is 14.9 Å². The molecule has 0 radical (unpaired) electrons. The number of carbonyl (C=O) groups excluding carboxylic acids is 1. The number of hydrogen-bond donors (Lipinski definition) is 1. The van der Waals surface area contributed by atoms with E-state index in [1.165, 1.54) is 12.1 Å². The van der Waals surface area contributed by atoms with Crippen molar-refractivity contribution in [1.29, 1.82) is 0 Å². The van der Waals surface area contributed by atoms with Crippen LogP contribution in [0.15, 0.2) is 22.7 Å². The Kier molecular flexibility index (Phi) is 7.94. The van der Waals surface area contributed by atoms with E-state index < -0.39 is 4.92 Å². The van der Waals surface area contributed by atoms with Gasteiger partial charge in [-0.1, -0.05) is 22.0 Å². The number of nitrogens with one attached hydrogen (secondary N) is 1. The smallest absolute Gasteiger partial charge is 0.270 e. The van der Waals surface area contributed by atoms with Crippen LogP contribution in [-0.4, -0.2) is 42.4 Å². The molecule has 1 N–H and O–H groups in total. The van der Waals surface area contributed by atoms with Crippen molar-refractivity contribution in [3.63, 3.8) is 0 Å². The van der Waals surface area contributed by atoms with Gasteiger partial charge in [-0.25, -0.2) is 0 Å². The first-order chi connectivity index (χ1) is 10.5. The Bertz CT molecular complexity index is 569. The third kappa shape index (κ3) is 5.44. The van der Waals surface area contributed by atoms with Gasteiger partial charge in [0.25, 0.3) is 5.69 Å². The summed E-state index contributed by atoms with van der Waals surface area (Å²) in [6.07, 6.45) is 2.44. The van der Waals surface area contributed by atoms with E-state index in [1.807, 2.05) is 11.9 Å². The Morgan fingerprint density at radius 1 is 1.52 bits per heavy atom. The Hall–Kier alpha value is -1.18. The van der Waals surface area contributed by atoms with Gasteiger partial charge in [0, 0.05) is 29.7 Å². The van der Waals surface area contributed by atoms with Crippen LogP contribution in [0.3, 0.4) is 0 Å². The van der Waals surface area contributed by atoms with Crippen molar-refractivity contribution in [2.75, 3.05) is 26.7 Å². The van der Waals surface area contributed by atoms with Crippen LogP contribution in [0.25, 0.3) is 0 Å². The molecule has 0 bridgehead atoms. The Morgan fingerprint density at radius 2 is 2.26 bits per heavy atom. The minimum atomic E-state index is -0.441. The van der Waals surface area contributed by atoms with Gasteiger partial charge in [0.15, 0.2) is 0 Å². The summed E-state index contributed by atoms with van der Waals surface area (Å²) in [7, 11) is 1.93. The molecular formula is C15H21BrClN3O3. The number of likely N-dealkylation sites (tertiary alicyclic amines) is 1. The zero-order chi connectivity index (χ0) is 16.1. The lowest BCUT2D eigenvalue weighted by Crippen LogP contribution is -2.43. The topological polar surface area (TPSA) is 75.5 Å². The van der Waals surface area contributed by atoms with Gasteiger partial charge in [0.2, 0.25) is 5.91 Å². The largest absolute Gasteiger partial charge is 0.342 e. The molecule has 0 aliphatic carbocycles. The fourth-order valence-electron chi connectivity index (χ4n) is 2.81. The van der Waals surface area contributed by atoms with Gasteiger partial charge >= 0.3 is 0 Å². The second kappa shape index (κ2) is 9.20. The molecule has 1 aliphatic heterocycles. The van der Waals surface area contributed by atoms with Crippen LogP contribution in [0.1, 0.15) is 18.4 Å². The molecule has 6 nitrogen and oxygen atoms in total. The molecule has 1 aromatic rings. The van der Waals surface area contributed by atoms with Gasteiger partial charge in [-0.3, -0.25) is 14.9 Å². The molecule has 0 spiro atoms. The number of piperidine rings is 1. The molecule has 0 aromatic heterocycles. The second-order valence-electron chi connectivity index (χ2n) is 5.62. The Morgan fingerprint density at radius 3 is 2.87 bits per heavy atom. The zero-order valence-electron chi connectivity index (χ0n) is 13.0. The maximum atomic E-state index is 12.4. The summed E-state index contributed by atoms with van der Waals surface area (Å²) in [5.74, 6) is 0.582. The number of carbonyl (C=O) groups is 1. The monoisotopic (exact) mass is 405 g/mol. The highest BCUT2D eigenvalue weighted by atomic mass is 79.9. The lowest BCUT2D eigenvalue weighted by atomic mass is 9.97. The number of benzene rings is 1. The molecule has 1 unspecified atom stereocenters. The molecule has 1 atom stereocenters. The summed E-state index contributed by atoms with van der Waals surface area (Å²) in [5, 5.41) is 13.9. The molecule has 1 aliphatic rings. The third-order valence-electron chi connectivity index (χ3n) is 3.95. The predicted molar refractivity (Wildman–Crippen MR) is 95.0 cm³/mol. The number of hydrogen-bond acceptors (Lipinski definition) is 4. The molecule has 128 valence electrons. The number of nitro benzene ring substituents is 1. The summed E-state index contributed by atoms with van der Waals surface area (Å²) in [5.41, 5.74) is 0.807. The van der Waals surface area contributed by atoms with E-state index in [-0.39, 0.29) is 30.4 Å². The van der Waals surface area contributed by atoms with Crippen LogP contribution in [-0.2, 0) is 11.2 Å². The highest BCUT2D eigenvalue weighted by Crippen LogP contribution is 2.24. The highest BCUT2D eigenvalue weighted by Gasteiger charge is 2.23. The normalized spacial score (nSPS) is 17.5. The quantitative estimate of drug-likeness (QED) is 0.602. The van der Waals surface area contributed by atoms with E-state index >= 15 is 0 Å². The molecule has 1 heterocycles. The number of amides is 1. The van der Waals surface area contributed by atoms with Crippen molar-refractivity contribution in [2.24, 2.45) is 5.92 Å². The van der Waals surface area contributed by atoms with Gasteiger partial charge in [-0.05, 0) is 37.9 Å². The van der Waals surface area contributed by atoms with Gasteiger partial charge in [-0.15, -0.1) is 12.4 Å². The molecular weight excluding hydrogens is 386 g/mol. The minimum Gasteiger partial charge on any atom is -0.342 e. The fourth-order valence-corrected chi connectivity index (χ4v) is 3.32. The first-order valence-electron chi connectivity index (χ1n) is 7.36. The Balaban J connectivity index is 0.00000264. The average molecular weight is 407 g/mol. The first kappa shape index (κ1) is 19.9. The molecule has 0 saturated carbocycles. The summed E-state index contributed by atoms with van der Waals surface area (Å²) in [4.78, 5) is 24.6. The zero-order valence-corrected chi connectivity index (χ0v) is 15.4. The molecule has 8 heteroatoms. The SMILES string of the molecule is CNCC1CCCN(C(=O)Cc2ccc([N+](=O)[O-])cc2Br)C1.Cl. The van der Waals surface area contributed by atoms with Crippen molar-refractivity contribution in [1.82, 2.24) is 10.2 Å². The predicted octanol–water partition coefficient (Wildman–Crippen LogP) is 2.78. The van der Waals surface area contributed by atoms with E-state index in [4.69, 9.17) is 0 Å². The van der Waals surface area contributed by atoms with Gasteiger partial charge < -0.3 is 10.2 Å². The molecule has 23 heavy (non-hydrogen) atoms. The van der Waals surface area contributed by atoms with Gasteiger partial charge in [0.1, 0.15) is 0 Å². The van der Waals surface area contributed by atoms with Crippen LogP contribution in [0.2, 0.25) is 0 Å². The summed E-state index contributed by atoms with van der Waals surface area (Å²) in [6, 6.07) is 4.53. The summed E-state index contributed by atoms with van der Waals surface area (Å²) in [6.45, 7) is 2.50. The van der Waals surface area contributed by atoms with Crippen molar-refractivity contribution >= 4 is 39.9 Å². The molecule has 2 rings (SSSR count). The average Bonchev–Trinajstić information content (AvgIpc) is 2.49. The van der Waals surface area contributed by atoms with Crippen molar-refractivity contribution < 1.29 is 9.72 Å². The van der Waals surface area contributed by atoms with E-state index in [1.54, 1.807) is 6.07 Å². The van der Waals surface area contributed by atoms with Crippen molar-refractivity contribution in [2.45, 2.75) is 19.3 Å². The second-order valence-corrected chi connectivity index (χ2v) is 6.47. The summed E-state index contributed by atoms with van der Waals surface area (Å²) < 4.78 is 0.610. The molecule has 1 saturated heterocycles. The number of halogens is 2. The van der Waals surface area contributed by atoms with Crippen LogP contribution in [0, 0.1) is 16.0 Å². The standard InChI is InChI=1S/C15H20BrN3O3.ClH/c1-17-9-11-3-2-6-18(10-11)15(20)7-12-4-5-13(19(21)22)8-14(12)16;/h4-5,8,11,17H,2-3,6-7,9-10H2,1H3;1H. The number of rotatable bonds is 5. The Labute approximate surface area is 150 Å². The minimum absolute atomic E-state index is 0. The van der Waals surface area contributed by atoms with E-state index in [0.717, 1.165) is 38.0 Å². The first-order valence-corrected chi connectivity index (χ1v) is 8.15. The maximum Gasteiger partial charge on any atom is 0.270 e. The molecule has 1 aromatic carbocycles. The van der Waals surface area contributed by atoms with E-state index in [2.05, 4.69) is 21.2 Å². The number of nitrogens with zero attached hydrogens (tertiary/aromatic N) is 2. The van der Waals surface area contributed by atoms with E-state index in [0.29, 0.717) is 10.4 Å². The van der Waals surface area contributed by atoms with Gasteiger partial charge in [0.05, 0.1) is 11.3 Å². The van der Waals surface area contributed by atoms with Crippen LogP contribution < -0.4 is 5.32 Å². The third-order valence-corrected chi connectivity index (χ3v) is 4.69. The lowest BCUT2D eigenvalue weighted by molar-refractivity contribution is -0.384. The maximum absolute atomic E-state index is 12.4. The highest BCUT2D eigenvalue weighted by molar-refractivity contribution is 9.10. The van der Waals surface area contributed by atoms with Gasteiger partial charge in [-0.2, -0.15) is 0 Å². The summed E-state index contributed by atoms with van der Waals surface area (Å²) >= 11 is 3.32. The number of nitro groups is 1. The van der Waals surface area contributed by atoms with Crippen LogP contribution in [0.5, 0.6) is 0 Å². The fraction of sp³-hybridized carbons (Fsp3) is 0.533. The van der Waals surface area contributed by atoms with Crippen molar-refractivity contribution in [3.8, 4) is 0 Å². The molecule has 1 amide bonds.